The molecule has 0 N–H and O–H groups in total. The zero-order valence-corrected chi connectivity index (χ0v) is 17.2. The van der Waals surface area contributed by atoms with Gasteiger partial charge in [-0.15, -0.1) is 22.7 Å². The summed E-state index contributed by atoms with van der Waals surface area (Å²) in [4.78, 5) is 24.2. The maximum absolute atomic E-state index is 13.1. The van der Waals surface area contributed by atoms with Crippen LogP contribution in [-0.2, 0) is 0 Å². The second-order valence-corrected chi connectivity index (χ2v) is 9.08. The number of hydrogen-bond donors (Lipinski definition) is 0. The average Bonchev–Trinajstić information content (AvgIpc) is 3.41. The maximum Gasteiger partial charge on any atom is 0.273 e. The molecule has 0 unspecified atom stereocenters. The number of amides is 1. The topological polar surface area (TPSA) is 46.1 Å². The third kappa shape index (κ3) is 3.68. The van der Waals surface area contributed by atoms with Gasteiger partial charge in [0.05, 0.1) is 15.2 Å². The van der Waals surface area contributed by atoms with Crippen LogP contribution in [0, 0.1) is 5.82 Å². The summed E-state index contributed by atoms with van der Waals surface area (Å²) in [5, 5.41) is 3.63. The average molecular weight is 424 g/mol. The van der Waals surface area contributed by atoms with Crippen molar-refractivity contribution in [3.63, 3.8) is 0 Å². The molecule has 1 aliphatic rings. The summed E-state index contributed by atoms with van der Waals surface area (Å²) in [6.45, 7) is 1.41. The Labute approximate surface area is 175 Å². The number of likely N-dealkylation sites (tertiary alicyclic amines) is 1. The van der Waals surface area contributed by atoms with Crippen molar-refractivity contribution >= 4 is 38.8 Å². The van der Waals surface area contributed by atoms with Gasteiger partial charge < -0.3 is 4.90 Å². The first-order valence-corrected chi connectivity index (χ1v) is 11.2. The third-order valence-electron chi connectivity index (χ3n) is 5.18. The van der Waals surface area contributed by atoms with Crippen molar-refractivity contribution in [2.24, 2.45) is 0 Å². The van der Waals surface area contributed by atoms with Gasteiger partial charge in [-0.25, -0.2) is 14.4 Å². The van der Waals surface area contributed by atoms with Crippen LogP contribution in [0.4, 0.5) is 4.39 Å². The minimum Gasteiger partial charge on any atom is -0.337 e. The summed E-state index contributed by atoms with van der Waals surface area (Å²) in [5.74, 6) is -0.0588. The second kappa shape index (κ2) is 7.65. The van der Waals surface area contributed by atoms with E-state index in [0.29, 0.717) is 12.2 Å². The molecule has 0 radical (unpaired) electrons. The molecule has 5 rings (SSSR count). The van der Waals surface area contributed by atoms with E-state index in [1.54, 1.807) is 28.8 Å². The molecular formula is C22H18FN3OS2. The lowest BCUT2D eigenvalue weighted by Crippen LogP contribution is -2.39. The summed E-state index contributed by atoms with van der Waals surface area (Å²) in [5.41, 5.74) is 2.31. The minimum absolute atomic E-state index is 0.0413. The van der Waals surface area contributed by atoms with Gasteiger partial charge in [-0.05, 0) is 49.2 Å². The molecule has 29 heavy (non-hydrogen) atoms. The molecule has 4 nitrogen and oxygen atoms in total. The normalized spacial score (nSPS) is 17.0. The lowest BCUT2D eigenvalue weighted by molar-refractivity contribution is 0.0702. The molecule has 1 fully saturated rings. The Kier molecular flexibility index (Phi) is 4.85. The highest BCUT2D eigenvalue weighted by Gasteiger charge is 2.28. The van der Waals surface area contributed by atoms with Gasteiger partial charge in [0, 0.05) is 30.0 Å². The van der Waals surface area contributed by atoms with E-state index >= 15 is 0 Å². The van der Waals surface area contributed by atoms with Crippen LogP contribution in [0.25, 0.3) is 20.8 Å². The van der Waals surface area contributed by atoms with Crippen LogP contribution < -0.4 is 0 Å². The number of fused-ring (bicyclic) bond motifs is 1. The molecule has 0 aliphatic carbocycles. The standard InChI is InChI=1S/C22H18FN3OS2/c23-16-9-7-14(8-10-16)20-25-18(13-28-20)22(27)26-11-3-4-15(12-26)21-24-17-5-1-2-6-19(17)29-21/h1-2,5-10,13,15H,3-4,11-12H2/t15-/m0/s1. The van der Waals surface area contributed by atoms with Crippen LogP contribution in [0.3, 0.4) is 0 Å². The van der Waals surface area contributed by atoms with Gasteiger partial charge in [-0.3, -0.25) is 4.79 Å². The molecule has 0 bridgehead atoms. The van der Waals surface area contributed by atoms with Gasteiger partial charge in [0.1, 0.15) is 16.5 Å². The number of carbonyl (C=O) groups is 1. The van der Waals surface area contributed by atoms with Gasteiger partial charge in [0.15, 0.2) is 0 Å². The van der Waals surface area contributed by atoms with Crippen LogP contribution in [0.2, 0.25) is 0 Å². The van der Waals surface area contributed by atoms with E-state index in [1.165, 1.54) is 28.2 Å². The van der Waals surface area contributed by atoms with E-state index in [0.717, 1.165) is 40.5 Å². The molecule has 1 aliphatic heterocycles. The van der Waals surface area contributed by atoms with Gasteiger partial charge in [-0.2, -0.15) is 0 Å². The van der Waals surface area contributed by atoms with E-state index < -0.39 is 0 Å². The number of thiazole rings is 2. The first kappa shape index (κ1) is 18.4. The van der Waals surface area contributed by atoms with E-state index in [-0.39, 0.29) is 17.6 Å². The quantitative estimate of drug-likeness (QED) is 0.432. The molecule has 2 aromatic carbocycles. The Morgan fingerprint density at radius 1 is 1.10 bits per heavy atom. The number of para-hydroxylation sites is 1. The van der Waals surface area contributed by atoms with Crippen LogP contribution in [0.1, 0.15) is 34.3 Å². The number of halogens is 1. The van der Waals surface area contributed by atoms with E-state index in [9.17, 15) is 9.18 Å². The summed E-state index contributed by atoms with van der Waals surface area (Å²) in [6, 6.07) is 14.4. The van der Waals surface area contributed by atoms with Gasteiger partial charge in [-0.1, -0.05) is 12.1 Å². The second-order valence-electron chi connectivity index (χ2n) is 7.15. The number of rotatable bonds is 3. The van der Waals surface area contributed by atoms with Gasteiger partial charge in [0.2, 0.25) is 0 Å². The highest BCUT2D eigenvalue weighted by molar-refractivity contribution is 7.18. The van der Waals surface area contributed by atoms with Crippen LogP contribution >= 0.6 is 22.7 Å². The molecule has 1 atom stereocenters. The molecule has 1 amide bonds. The van der Waals surface area contributed by atoms with Crippen LogP contribution in [0.15, 0.2) is 53.9 Å². The number of piperidine rings is 1. The van der Waals surface area contributed by atoms with Crippen molar-refractivity contribution in [3.05, 3.63) is 70.4 Å². The largest absolute Gasteiger partial charge is 0.337 e. The van der Waals surface area contributed by atoms with Crippen molar-refractivity contribution in [1.29, 1.82) is 0 Å². The zero-order valence-electron chi connectivity index (χ0n) is 15.5. The Morgan fingerprint density at radius 3 is 2.76 bits per heavy atom. The lowest BCUT2D eigenvalue weighted by atomic mass is 9.98. The van der Waals surface area contributed by atoms with Crippen molar-refractivity contribution in [2.75, 3.05) is 13.1 Å². The molecule has 1 saturated heterocycles. The molecule has 0 saturated carbocycles. The highest BCUT2D eigenvalue weighted by Crippen LogP contribution is 2.33. The molecular weight excluding hydrogens is 405 g/mol. The van der Waals surface area contributed by atoms with Crippen LogP contribution in [-0.4, -0.2) is 33.9 Å². The van der Waals surface area contributed by atoms with E-state index in [2.05, 4.69) is 11.1 Å². The summed E-state index contributed by atoms with van der Waals surface area (Å²) in [7, 11) is 0. The Balaban J connectivity index is 1.34. The molecule has 146 valence electrons. The third-order valence-corrected chi connectivity index (χ3v) is 7.27. The molecule has 3 heterocycles. The summed E-state index contributed by atoms with van der Waals surface area (Å²) in [6.07, 6.45) is 2.00. The smallest absolute Gasteiger partial charge is 0.273 e. The first-order valence-electron chi connectivity index (χ1n) is 9.53. The van der Waals surface area contributed by atoms with Crippen molar-refractivity contribution in [1.82, 2.24) is 14.9 Å². The number of benzene rings is 2. The van der Waals surface area contributed by atoms with Crippen molar-refractivity contribution < 1.29 is 9.18 Å². The van der Waals surface area contributed by atoms with E-state index in [4.69, 9.17) is 4.98 Å². The summed E-state index contributed by atoms with van der Waals surface area (Å²) < 4.78 is 14.3. The number of carbonyl (C=O) groups excluding carboxylic acids is 1. The Morgan fingerprint density at radius 2 is 1.93 bits per heavy atom. The molecule has 7 heteroatoms. The molecule has 0 spiro atoms. The SMILES string of the molecule is O=C(c1csc(-c2ccc(F)cc2)n1)N1CCC[C@H](c2nc3ccccc3s2)C1. The van der Waals surface area contributed by atoms with Gasteiger partial charge >= 0.3 is 0 Å². The zero-order chi connectivity index (χ0) is 19.8. The molecule has 2 aromatic heterocycles. The first-order chi connectivity index (χ1) is 14.2. The van der Waals surface area contributed by atoms with Crippen LogP contribution in [0.5, 0.6) is 0 Å². The fourth-order valence-corrected chi connectivity index (χ4v) is 5.58. The Hall–Kier alpha value is -2.64. The lowest BCUT2D eigenvalue weighted by Gasteiger charge is -2.31. The highest BCUT2D eigenvalue weighted by atomic mass is 32.1. The monoisotopic (exact) mass is 423 g/mol. The number of nitrogens with zero attached hydrogens (tertiary/aromatic N) is 3. The van der Waals surface area contributed by atoms with Gasteiger partial charge in [0.25, 0.3) is 5.91 Å². The van der Waals surface area contributed by atoms with E-state index in [1.807, 2.05) is 23.1 Å². The predicted molar refractivity (Wildman–Crippen MR) is 115 cm³/mol. The number of hydrogen-bond acceptors (Lipinski definition) is 5. The van der Waals surface area contributed by atoms with Crippen molar-refractivity contribution in [3.8, 4) is 10.6 Å². The molecule has 4 aromatic rings. The fourth-order valence-electron chi connectivity index (χ4n) is 3.69. The predicted octanol–water partition coefficient (Wildman–Crippen LogP) is 5.58. The Bertz CT molecular complexity index is 1140. The number of aromatic nitrogens is 2. The summed E-state index contributed by atoms with van der Waals surface area (Å²) >= 11 is 3.13. The van der Waals surface area contributed by atoms with Crippen molar-refractivity contribution in [2.45, 2.75) is 18.8 Å². The fraction of sp³-hybridized carbons (Fsp3) is 0.227. The maximum atomic E-state index is 13.1. The minimum atomic E-state index is -0.282.